The number of hydrogen-bond donors (Lipinski definition) is 5. The highest BCUT2D eigenvalue weighted by Gasteiger charge is 2.55. The third-order valence-corrected chi connectivity index (χ3v) is 26.2. The van der Waals surface area contributed by atoms with Gasteiger partial charge in [-0.1, -0.05) is 84.9 Å². The topological polar surface area (TPSA) is 278 Å². The van der Waals surface area contributed by atoms with Crippen molar-refractivity contribution in [1.82, 2.24) is 69.4 Å². The summed E-state index contributed by atoms with van der Waals surface area (Å²) in [5.74, 6) is 0.328. The van der Waals surface area contributed by atoms with Crippen LogP contribution in [0.2, 0.25) is 15.1 Å². The number of para-hydroxylation sites is 1. The van der Waals surface area contributed by atoms with Gasteiger partial charge in [-0.15, -0.1) is 0 Å². The third kappa shape index (κ3) is 16.3. The Kier molecular flexibility index (Phi) is 21.6. The maximum atomic E-state index is 12.0. The Balaban J connectivity index is 0.000000113. The fourth-order valence-corrected chi connectivity index (χ4v) is 20.8. The minimum atomic E-state index is -3.20. The van der Waals surface area contributed by atoms with Crippen LogP contribution in [0.3, 0.4) is 0 Å². The maximum absolute atomic E-state index is 12.0. The van der Waals surface area contributed by atoms with Gasteiger partial charge in [0.2, 0.25) is 31.9 Å². The van der Waals surface area contributed by atoms with Crippen molar-refractivity contribution in [2.75, 3.05) is 147 Å². The lowest BCUT2D eigenvalue weighted by Crippen LogP contribution is -2.60. The predicted octanol–water partition coefficient (Wildman–Crippen LogP) is 12.7. The van der Waals surface area contributed by atoms with Crippen molar-refractivity contribution in [3.8, 4) is 0 Å². The van der Waals surface area contributed by atoms with Gasteiger partial charge in [0.25, 0.3) is 0 Å². The highest BCUT2D eigenvalue weighted by Crippen LogP contribution is 2.49. The summed E-state index contributed by atoms with van der Waals surface area (Å²) in [4.78, 5) is 41.5. The number of rotatable bonds is 8. The molecule has 2 aliphatic carbocycles. The first-order valence-electron chi connectivity index (χ1n) is 36.1. The Bertz CT molecular complexity index is 5150. The lowest BCUT2D eigenvalue weighted by atomic mass is 9.97. The number of piperazine rings is 5. The number of nitrogens with zero attached hydrogens (tertiary/aromatic N) is 15. The molecule has 2 spiro atoms. The second-order valence-corrected chi connectivity index (χ2v) is 37.3. The van der Waals surface area contributed by atoms with Gasteiger partial charge < -0.3 is 39.2 Å². The molecule has 6 aromatic carbocycles. The van der Waals surface area contributed by atoms with Gasteiger partial charge in [-0.2, -0.15) is 34.1 Å². The number of aromatic amines is 5. The summed E-state index contributed by atoms with van der Waals surface area (Å²) in [6.07, 6.45) is 15.8. The Morgan fingerprint density at radius 3 is 1.09 bits per heavy atom. The van der Waals surface area contributed by atoms with Crippen LogP contribution in [0.4, 0.5) is 34.1 Å². The second-order valence-electron chi connectivity index (χ2n) is 30.4. The van der Waals surface area contributed by atoms with Crippen LogP contribution in [-0.4, -0.2) is 237 Å². The van der Waals surface area contributed by atoms with E-state index in [0.29, 0.717) is 49.3 Å². The molecule has 11 aromatic rings. The molecule has 10 heterocycles. The van der Waals surface area contributed by atoms with E-state index < -0.39 is 25.6 Å². The maximum Gasteiger partial charge on any atom is 0.220 e. The molecule has 33 heteroatoms. The zero-order valence-corrected chi connectivity index (χ0v) is 68.6. The van der Waals surface area contributed by atoms with E-state index in [9.17, 15) is 26.4 Å². The Hall–Kier alpha value is -7.94. The number of hydrogen-bond acceptors (Lipinski definition) is 17. The molecule has 7 aliphatic rings. The smallest absolute Gasteiger partial charge is 0.220 e. The van der Waals surface area contributed by atoms with Crippen molar-refractivity contribution in [2.45, 2.75) is 89.4 Å². The van der Waals surface area contributed by atoms with E-state index in [1.54, 1.807) is 28.7 Å². The fraction of sp³-hybridized carbons (Fsp3) is 0.427. The molecule has 0 unspecified atom stereocenters. The van der Waals surface area contributed by atoms with Crippen molar-refractivity contribution in [3.63, 3.8) is 0 Å². The van der Waals surface area contributed by atoms with E-state index in [-0.39, 0.29) is 28.4 Å². The summed E-state index contributed by atoms with van der Waals surface area (Å²) in [6, 6.07) is 30.4. The van der Waals surface area contributed by atoms with Crippen molar-refractivity contribution < 1.29 is 26.4 Å². The quantitative estimate of drug-likeness (QED) is 0.0945. The molecule has 0 atom stereocenters. The Morgan fingerprint density at radius 2 is 0.713 bits per heavy atom. The van der Waals surface area contributed by atoms with Crippen LogP contribution >= 0.6 is 66.7 Å². The predicted molar refractivity (Wildman–Crippen MR) is 441 cm³/mol. The van der Waals surface area contributed by atoms with Gasteiger partial charge in [0.15, 0.2) is 0 Å². The number of halogens is 5. The normalized spacial score (nSPS) is 19.1. The number of H-pyrrole nitrogens is 5. The van der Waals surface area contributed by atoms with Crippen LogP contribution in [0, 0.1) is 0 Å². The number of anilines is 6. The first-order valence-corrected chi connectivity index (χ1v) is 42.5. The first kappa shape index (κ1) is 76.8. The van der Waals surface area contributed by atoms with Gasteiger partial charge in [-0.25, -0.2) is 16.8 Å². The van der Waals surface area contributed by atoms with Gasteiger partial charge in [0.1, 0.15) is 0 Å². The largest absolute Gasteiger partial charge is 0.368 e. The van der Waals surface area contributed by atoms with E-state index in [2.05, 4.69) is 169 Å². The minimum Gasteiger partial charge on any atom is -0.368 e. The van der Waals surface area contributed by atoms with E-state index in [1.165, 1.54) is 23.9 Å². The molecule has 2 saturated carbocycles. The van der Waals surface area contributed by atoms with Crippen molar-refractivity contribution in [3.05, 3.63) is 146 Å². The van der Waals surface area contributed by atoms with Crippen LogP contribution < -0.4 is 29.4 Å². The highest BCUT2D eigenvalue weighted by molar-refractivity contribution is 9.10. The molecular formula is C75H89Br2Cl3N20O6S2. The number of fused-ring (bicyclic) bond motifs is 5. The molecule has 0 bridgehead atoms. The van der Waals surface area contributed by atoms with E-state index >= 15 is 0 Å². The van der Waals surface area contributed by atoms with Gasteiger partial charge in [-0.05, 0) is 126 Å². The number of sulfonamides is 2. The number of amides is 2. The van der Waals surface area contributed by atoms with Crippen LogP contribution in [0.1, 0.15) is 67.2 Å². The van der Waals surface area contributed by atoms with Crippen LogP contribution in [0.25, 0.3) is 54.5 Å². The molecular weight excluding hydrogens is 1610 g/mol. The molecule has 108 heavy (non-hydrogen) atoms. The molecule has 7 fully saturated rings. The molecule has 5 N–H and O–H groups in total. The minimum absolute atomic E-state index is 0.0441. The molecule has 5 saturated heterocycles. The number of carbonyl (C=O) groups excluding carboxylic acids is 2. The number of aromatic nitrogens is 10. The molecule has 5 aliphatic heterocycles. The van der Waals surface area contributed by atoms with Crippen LogP contribution in [0.5, 0.6) is 0 Å². The van der Waals surface area contributed by atoms with Gasteiger partial charge >= 0.3 is 0 Å². The SMILES string of the molecule is CC(=O)N1CCN(c2cc(Br)cc3[nH]ncc23)CC1(C)C.CC(=O)N1CCN(c2cc(Cl)cc3[nH]ncc23)CC12CC2.CC1(C)CN(c2cc(Br)cc3[nH]ncc23)CCN1S(C)(=O)=O.CS(=O)(=O)N1CCN(c2cc(Cl)cc3[nH]ncc23)CC12CC2.Clc1cc(N2CCN(c3ccccc3)CC2)c2cn[nH]c2c1. The summed E-state index contributed by atoms with van der Waals surface area (Å²) in [7, 11) is -6.35. The van der Waals surface area contributed by atoms with E-state index in [1.807, 2.05) is 97.0 Å². The van der Waals surface area contributed by atoms with Gasteiger partial charge in [-0.3, -0.25) is 35.1 Å². The zero-order valence-electron chi connectivity index (χ0n) is 61.6. The number of carbonyl (C=O) groups is 2. The number of nitrogens with one attached hydrogen (secondary N) is 5. The molecule has 18 rings (SSSR count). The second kappa shape index (κ2) is 30.4. The van der Waals surface area contributed by atoms with Gasteiger partial charge in [0, 0.05) is 209 Å². The van der Waals surface area contributed by atoms with E-state index in [4.69, 9.17) is 34.8 Å². The lowest BCUT2D eigenvalue weighted by Gasteiger charge is -2.47. The molecule has 5 aromatic heterocycles. The average molecular weight is 1700 g/mol. The highest BCUT2D eigenvalue weighted by atomic mass is 79.9. The summed E-state index contributed by atoms with van der Waals surface area (Å²) >= 11 is 25.8. The Morgan fingerprint density at radius 1 is 0.389 bits per heavy atom. The third-order valence-electron chi connectivity index (χ3n) is 21.8. The lowest BCUT2D eigenvalue weighted by molar-refractivity contribution is -0.134. The number of benzene rings is 6. The fourth-order valence-electron chi connectivity index (χ4n) is 16.5. The summed E-state index contributed by atoms with van der Waals surface area (Å²) in [5, 5.41) is 43.0. The molecule has 572 valence electrons. The molecule has 26 nitrogen and oxygen atoms in total. The molecule has 2 amide bonds. The Labute approximate surface area is 660 Å². The zero-order chi connectivity index (χ0) is 76.4. The van der Waals surface area contributed by atoms with Crippen LogP contribution in [-0.2, 0) is 29.6 Å². The van der Waals surface area contributed by atoms with Gasteiger partial charge in [0.05, 0.1) is 87.7 Å². The molecule has 0 radical (unpaired) electrons. The van der Waals surface area contributed by atoms with E-state index in [0.717, 1.165) is 182 Å². The van der Waals surface area contributed by atoms with Crippen molar-refractivity contribution >= 4 is 187 Å². The van der Waals surface area contributed by atoms with Crippen molar-refractivity contribution in [2.24, 2.45) is 0 Å². The standard InChI is InChI=1S/C17H17ClN4.C15H19BrN4O.C15H17ClN4O.C14H19BrN4O2S.C14H17ClN4O2S/c18-13-10-16-15(12-19-20-16)17(11-13)22-8-6-21(7-9-22)14-4-2-1-3-5-14;1-10(21)20-5-4-19(9-15(20,2)3)14-7-11(16)6-13-12(14)8-17-18-13;1-10(21)20-5-4-19(9-15(20)2-3-15)14-7-11(16)6-13-12(14)8-17-18-13;1-14(2)9-18(4-5-19(14)22(3,20)21)13-7-10(15)6-12-11(13)8-16-17-12;1-22(20,21)19-5-4-18(9-14(19)2-3-14)13-7-10(15)6-12-11(13)8-16-17-12/h1-5,10-12H,6-9H2,(H,19,20);6-8H,4-5,9H2,1-3H3,(H,17,18);6-8H,2-5,9H2,1H3,(H,17,18);6-8H,4-5,9H2,1-3H3,(H,16,17);6-8H,2-5,9H2,1H3,(H,16,17). The monoisotopic (exact) mass is 1690 g/mol. The van der Waals surface area contributed by atoms with Crippen molar-refractivity contribution in [1.29, 1.82) is 0 Å². The summed E-state index contributed by atoms with van der Waals surface area (Å²) < 4.78 is 53.1. The first-order chi connectivity index (χ1) is 51.4. The summed E-state index contributed by atoms with van der Waals surface area (Å²) in [5.41, 5.74) is 10.8. The van der Waals surface area contributed by atoms with Crippen LogP contribution in [0.15, 0.2) is 131 Å². The average Bonchev–Trinajstić information content (AvgIpc) is 1.57. The summed E-state index contributed by atoms with van der Waals surface area (Å²) in [6.45, 7) is 24.0.